The van der Waals surface area contributed by atoms with Gasteiger partial charge in [0.2, 0.25) is 0 Å². The van der Waals surface area contributed by atoms with Crippen molar-refractivity contribution in [1.82, 2.24) is 5.43 Å². The van der Waals surface area contributed by atoms with Gasteiger partial charge in [0.25, 0.3) is 0 Å². The van der Waals surface area contributed by atoms with Crippen molar-refractivity contribution >= 4 is 15.9 Å². The van der Waals surface area contributed by atoms with E-state index in [-0.39, 0.29) is 0 Å². The molecule has 0 aliphatic rings. The van der Waals surface area contributed by atoms with Crippen LogP contribution in [-0.4, -0.2) is 13.2 Å². The average Bonchev–Trinajstić information content (AvgIpc) is 2.47. The summed E-state index contributed by atoms with van der Waals surface area (Å²) in [5.41, 5.74) is 4.18. The van der Waals surface area contributed by atoms with E-state index in [1.54, 1.807) is 7.11 Å². The molecule has 0 saturated carbocycles. The average molecular weight is 343 g/mol. The molecule has 1 rings (SSSR count). The molecule has 0 spiro atoms. The quantitative estimate of drug-likeness (QED) is 0.380. The molecule has 0 bridgehead atoms. The molecule has 114 valence electrons. The molecule has 20 heavy (non-hydrogen) atoms. The van der Waals surface area contributed by atoms with Gasteiger partial charge in [0.15, 0.2) is 0 Å². The van der Waals surface area contributed by atoms with Crippen molar-refractivity contribution in [3.8, 4) is 5.75 Å². The number of hydrogen-bond acceptors (Lipinski definition) is 3. The highest BCUT2D eigenvalue weighted by molar-refractivity contribution is 9.10. The Morgan fingerprint density at radius 1 is 1.25 bits per heavy atom. The summed E-state index contributed by atoms with van der Waals surface area (Å²) in [5.74, 6) is 6.58. The largest absolute Gasteiger partial charge is 0.497 e. The van der Waals surface area contributed by atoms with Crippen LogP contribution in [0.3, 0.4) is 0 Å². The van der Waals surface area contributed by atoms with Gasteiger partial charge < -0.3 is 4.74 Å². The topological polar surface area (TPSA) is 47.3 Å². The molecule has 1 aromatic rings. The van der Waals surface area contributed by atoms with Crippen LogP contribution < -0.4 is 16.0 Å². The van der Waals surface area contributed by atoms with Crippen LogP contribution in [0.5, 0.6) is 5.75 Å². The number of nitrogens with one attached hydrogen (secondary N) is 1. The van der Waals surface area contributed by atoms with E-state index in [0.29, 0.717) is 6.04 Å². The Morgan fingerprint density at radius 3 is 2.65 bits per heavy atom. The Hall–Kier alpha value is -0.580. The summed E-state index contributed by atoms with van der Waals surface area (Å²) in [7, 11) is 1.69. The molecule has 1 unspecified atom stereocenters. The molecule has 1 atom stereocenters. The number of nitrogens with two attached hydrogens (primary N) is 1. The van der Waals surface area contributed by atoms with Crippen molar-refractivity contribution in [1.29, 1.82) is 0 Å². The molecule has 4 heteroatoms. The number of rotatable bonds is 10. The van der Waals surface area contributed by atoms with E-state index >= 15 is 0 Å². The minimum absolute atomic E-state index is 0.319. The number of methoxy groups -OCH3 is 1. The highest BCUT2D eigenvalue weighted by atomic mass is 79.9. The van der Waals surface area contributed by atoms with Crippen molar-refractivity contribution in [2.75, 3.05) is 7.11 Å². The molecule has 0 aliphatic heterocycles. The zero-order valence-corrected chi connectivity index (χ0v) is 14.2. The van der Waals surface area contributed by atoms with Gasteiger partial charge in [-0.3, -0.25) is 11.3 Å². The number of hydrazine groups is 1. The summed E-state index contributed by atoms with van der Waals surface area (Å²) in [6.45, 7) is 2.24. The predicted molar refractivity (Wildman–Crippen MR) is 88.9 cm³/mol. The van der Waals surface area contributed by atoms with E-state index in [1.807, 2.05) is 12.1 Å². The summed E-state index contributed by atoms with van der Waals surface area (Å²) in [6.07, 6.45) is 8.52. The first kappa shape index (κ1) is 17.5. The smallest absolute Gasteiger partial charge is 0.119 e. The van der Waals surface area contributed by atoms with Crippen LogP contribution in [0.25, 0.3) is 0 Å². The standard InChI is InChI=1S/C16H27BrN2O/c1-3-4-5-6-7-8-14(19-18)11-13-12-15(20-2)9-10-16(13)17/h9-10,12,14,19H,3-8,11,18H2,1-2H3. The summed E-state index contributed by atoms with van der Waals surface area (Å²) in [5, 5.41) is 0. The summed E-state index contributed by atoms with van der Waals surface area (Å²) < 4.78 is 6.39. The molecular formula is C16H27BrN2O. The second-order valence-corrected chi connectivity index (χ2v) is 6.08. The number of ether oxygens (including phenoxy) is 1. The second-order valence-electron chi connectivity index (χ2n) is 5.23. The molecule has 0 amide bonds. The fourth-order valence-corrected chi connectivity index (χ4v) is 2.75. The summed E-state index contributed by atoms with van der Waals surface area (Å²) in [6, 6.07) is 6.39. The van der Waals surface area contributed by atoms with Crippen LogP contribution in [0.1, 0.15) is 51.0 Å². The number of hydrogen-bond donors (Lipinski definition) is 2. The molecular weight excluding hydrogens is 316 g/mol. The van der Waals surface area contributed by atoms with E-state index in [9.17, 15) is 0 Å². The Kier molecular flexibility index (Phi) is 8.90. The van der Waals surface area contributed by atoms with Gasteiger partial charge in [-0.2, -0.15) is 0 Å². The fourth-order valence-electron chi connectivity index (χ4n) is 2.34. The lowest BCUT2D eigenvalue weighted by atomic mass is 10.00. The van der Waals surface area contributed by atoms with Gasteiger partial charge in [0.1, 0.15) is 5.75 Å². The van der Waals surface area contributed by atoms with Crippen LogP contribution >= 0.6 is 15.9 Å². The predicted octanol–water partition coefficient (Wildman–Crippen LogP) is 4.19. The molecule has 0 heterocycles. The molecule has 0 aliphatic carbocycles. The van der Waals surface area contributed by atoms with Gasteiger partial charge in [0.05, 0.1) is 7.11 Å². The first-order chi connectivity index (χ1) is 9.71. The van der Waals surface area contributed by atoms with Crippen molar-refractivity contribution in [3.63, 3.8) is 0 Å². The number of unbranched alkanes of at least 4 members (excludes halogenated alkanes) is 4. The highest BCUT2D eigenvalue weighted by Crippen LogP contribution is 2.24. The summed E-state index contributed by atoms with van der Waals surface area (Å²) >= 11 is 3.60. The molecule has 0 saturated heterocycles. The summed E-state index contributed by atoms with van der Waals surface area (Å²) in [4.78, 5) is 0. The van der Waals surface area contributed by atoms with Crippen LogP contribution in [0.2, 0.25) is 0 Å². The lowest BCUT2D eigenvalue weighted by molar-refractivity contribution is 0.413. The van der Waals surface area contributed by atoms with E-state index < -0.39 is 0 Å². The molecule has 3 N–H and O–H groups in total. The molecule has 0 radical (unpaired) electrons. The molecule has 3 nitrogen and oxygen atoms in total. The van der Waals surface area contributed by atoms with Crippen LogP contribution in [-0.2, 0) is 6.42 Å². The van der Waals surface area contributed by atoms with Crippen molar-refractivity contribution in [2.45, 2.75) is 57.9 Å². The van der Waals surface area contributed by atoms with E-state index in [4.69, 9.17) is 10.6 Å². The maximum Gasteiger partial charge on any atom is 0.119 e. The first-order valence-electron chi connectivity index (χ1n) is 7.49. The number of benzene rings is 1. The Balaban J connectivity index is 2.46. The minimum atomic E-state index is 0.319. The van der Waals surface area contributed by atoms with Gasteiger partial charge >= 0.3 is 0 Å². The van der Waals surface area contributed by atoms with Gasteiger partial charge in [0, 0.05) is 10.5 Å². The normalized spacial score (nSPS) is 12.4. The first-order valence-corrected chi connectivity index (χ1v) is 8.29. The van der Waals surface area contributed by atoms with Gasteiger partial charge in [-0.05, 0) is 36.6 Å². The third-order valence-electron chi connectivity index (χ3n) is 3.61. The Morgan fingerprint density at radius 2 is 2.00 bits per heavy atom. The van der Waals surface area contributed by atoms with E-state index in [0.717, 1.165) is 23.1 Å². The molecule has 0 aromatic heterocycles. The highest BCUT2D eigenvalue weighted by Gasteiger charge is 2.11. The maximum atomic E-state index is 5.69. The molecule has 1 aromatic carbocycles. The third kappa shape index (κ3) is 6.25. The SMILES string of the molecule is CCCCCCCC(Cc1cc(OC)ccc1Br)NN. The van der Waals surface area contributed by atoms with Gasteiger partial charge in [-0.15, -0.1) is 0 Å². The Bertz CT molecular complexity index is 385. The van der Waals surface area contributed by atoms with Crippen LogP contribution in [0, 0.1) is 0 Å². The minimum Gasteiger partial charge on any atom is -0.497 e. The zero-order chi connectivity index (χ0) is 14.8. The number of halogens is 1. The van der Waals surface area contributed by atoms with Gasteiger partial charge in [-0.25, -0.2) is 0 Å². The van der Waals surface area contributed by atoms with E-state index in [2.05, 4.69) is 34.3 Å². The third-order valence-corrected chi connectivity index (χ3v) is 4.38. The fraction of sp³-hybridized carbons (Fsp3) is 0.625. The van der Waals surface area contributed by atoms with E-state index in [1.165, 1.54) is 37.7 Å². The van der Waals surface area contributed by atoms with Crippen molar-refractivity contribution < 1.29 is 4.74 Å². The Labute approximate surface area is 131 Å². The second kappa shape index (κ2) is 10.2. The van der Waals surface area contributed by atoms with Crippen LogP contribution in [0.4, 0.5) is 0 Å². The van der Waals surface area contributed by atoms with Gasteiger partial charge in [-0.1, -0.05) is 55.0 Å². The monoisotopic (exact) mass is 342 g/mol. The zero-order valence-electron chi connectivity index (χ0n) is 12.6. The molecule has 0 fully saturated rings. The maximum absolute atomic E-state index is 5.69. The van der Waals surface area contributed by atoms with Crippen molar-refractivity contribution in [2.24, 2.45) is 5.84 Å². The van der Waals surface area contributed by atoms with Crippen LogP contribution in [0.15, 0.2) is 22.7 Å². The van der Waals surface area contributed by atoms with Crippen molar-refractivity contribution in [3.05, 3.63) is 28.2 Å². The lowest BCUT2D eigenvalue weighted by Gasteiger charge is -2.17. The lowest BCUT2D eigenvalue weighted by Crippen LogP contribution is -2.36.